The lowest BCUT2D eigenvalue weighted by Gasteiger charge is -2.29. The first kappa shape index (κ1) is 15.2. The second-order valence-electron chi connectivity index (χ2n) is 5.75. The summed E-state index contributed by atoms with van der Waals surface area (Å²) in [5.74, 6) is 0. The molecule has 1 aliphatic rings. The van der Waals surface area contributed by atoms with Crippen molar-refractivity contribution in [3.05, 3.63) is 37.2 Å². The molecule has 120 valence electrons. The average molecular weight is 324 g/mol. The fourth-order valence-corrected chi connectivity index (χ4v) is 2.59. The monoisotopic (exact) mass is 324 g/mol. The second-order valence-corrected chi connectivity index (χ2v) is 5.75. The topological polar surface area (TPSA) is 81.2 Å². The van der Waals surface area contributed by atoms with E-state index in [0.717, 1.165) is 16.4 Å². The van der Waals surface area contributed by atoms with E-state index in [0.29, 0.717) is 0 Å². The average Bonchev–Trinajstić information content (AvgIpc) is 3.28. The molecule has 4 rings (SSSR count). The van der Waals surface area contributed by atoms with Crippen molar-refractivity contribution in [1.82, 2.24) is 29.3 Å². The standard InChI is InChI=1S/C12H15B3N6O3/c1-19-7-10(4-16-19)13-22-14(11-5-17-20(2)8-11)24-15(23-13)12-6-18-21(3)9-12/h4-9H,1-3H3. The van der Waals surface area contributed by atoms with E-state index in [2.05, 4.69) is 15.3 Å². The highest BCUT2D eigenvalue weighted by Crippen LogP contribution is 2.09. The molecule has 9 nitrogen and oxygen atoms in total. The van der Waals surface area contributed by atoms with Crippen LogP contribution in [0.2, 0.25) is 0 Å². The van der Waals surface area contributed by atoms with Crippen molar-refractivity contribution in [2.75, 3.05) is 0 Å². The largest absolute Gasteiger partial charge is 0.470 e. The summed E-state index contributed by atoms with van der Waals surface area (Å²) in [7, 11) is 3.76. The molecule has 0 unspecified atom stereocenters. The summed E-state index contributed by atoms with van der Waals surface area (Å²) in [6, 6.07) is 0. The molecule has 0 aliphatic carbocycles. The minimum atomic E-state index is -0.595. The molecule has 1 saturated heterocycles. The van der Waals surface area contributed by atoms with Gasteiger partial charge in [0.1, 0.15) is 0 Å². The number of aromatic nitrogens is 6. The summed E-state index contributed by atoms with van der Waals surface area (Å²) < 4.78 is 23.0. The van der Waals surface area contributed by atoms with Crippen LogP contribution in [0.5, 0.6) is 0 Å². The maximum atomic E-state index is 5.97. The zero-order valence-corrected chi connectivity index (χ0v) is 13.6. The summed E-state index contributed by atoms with van der Waals surface area (Å²) in [5, 5.41) is 12.5. The Morgan fingerprint density at radius 1 is 0.625 bits per heavy atom. The molecule has 0 atom stereocenters. The number of nitrogens with zero attached hydrogens (tertiary/aromatic N) is 6. The van der Waals surface area contributed by atoms with Crippen molar-refractivity contribution in [2.45, 2.75) is 0 Å². The van der Waals surface area contributed by atoms with Gasteiger partial charge in [0, 0.05) is 74.7 Å². The van der Waals surface area contributed by atoms with Gasteiger partial charge >= 0.3 is 21.4 Å². The smallest absolute Gasteiger partial charge is 0.444 e. The van der Waals surface area contributed by atoms with E-state index in [-0.39, 0.29) is 0 Å². The van der Waals surface area contributed by atoms with Crippen LogP contribution in [0, 0.1) is 0 Å². The third-order valence-corrected chi connectivity index (χ3v) is 3.73. The van der Waals surface area contributed by atoms with Gasteiger partial charge in [-0.15, -0.1) is 0 Å². The minimum absolute atomic E-state index is 0.595. The summed E-state index contributed by atoms with van der Waals surface area (Å²) in [6.07, 6.45) is 10.7. The van der Waals surface area contributed by atoms with E-state index in [4.69, 9.17) is 13.7 Å². The summed E-state index contributed by atoms with van der Waals surface area (Å²) in [6.45, 7) is 0. The van der Waals surface area contributed by atoms with Crippen LogP contribution in [0.3, 0.4) is 0 Å². The normalized spacial score (nSPS) is 15.4. The van der Waals surface area contributed by atoms with E-state index >= 15 is 0 Å². The fraction of sp³-hybridized carbons (Fsp3) is 0.250. The molecule has 1 aliphatic heterocycles. The Kier molecular flexibility index (Phi) is 3.79. The Morgan fingerprint density at radius 3 is 1.12 bits per heavy atom. The first-order chi connectivity index (χ1) is 11.6. The Labute approximate surface area is 139 Å². The SMILES string of the molecule is Cn1cc(B2OB(c3cnn(C)c3)OB(c3cnn(C)c3)O2)cn1. The van der Waals surface area contributed by atoms with Crippen molar-refractivity contribution in [3.63, 3.8) is 0 Å². The first-order valence-corrected chi connectivity index (χ1v) is 7.50. The van der Waals surface area contributed by atoms with Crippen molar-refractivity contribution in [2.24, 2.45) is 21.1 Å². The molecule has 0 spiro atoms. The number of aryl methyl sites for hydroxylation is 3. The molecule has 12 heteroatoms. The van der Waals surface area contributed by atoms with E-state index in [1.165, 1.54) is 0 Å². The predicted molar refractivity (Wildman–Crippen MR) is 89.0 cm³/mol. The summed E-state index contributed by atoms with van der Waals surface area (Å²) in [4.78, 5) is 0. The lowest BCUT2D eigenvalue weighted by molar-refractivity contribution is 0.308. The zero-order valence-electron chi connectivity index (χ0n) is 13.6. The maximum absolute atomic E-state index is 5.97. The third kappa shape index (κ3) is 2.91. The molecule has 1 fully saturated rings. The van der Waals surface area contributed by atoms with Crippen molar-refractivity contribution >= 4 is 37.7 Å². The molecule has 0 N–H and O–H groups in total. The van der Waals surface area contributed by atoms with Gasteiger partial charge in [-0.1, -0.05) is 0 Å². The van der Waals surface area contributed by atoms with Gasteiger partial charge in [-0.25, -0.2) is 0 Å². The Balaban J connectivity index is 1.65. The molecule has 0 saturated carbocycles. The van der Waals surface area contributed by atoms with Gasteiger partial charge in [-0.2, -0.15) is 15.3 Å². The van der Waals surface area contributed by atoms with Gasteiger partial charge in [0.05, 0.1) is 0 Å². The maximum Gasteiger partial charge on any atom is 0.470 e. The van der Waals surface area contributed by atoms with Gasteiger partial charge in [-0.05, 0) is 0 Å². The molecule has 24 heavy (non-hydrogen) atoms. The highest BCUT2D eigenvalue weighted by atomic mass is 16.7. The summed E-state index contributed by atoms with van der Waals surface area (Å²) in [5.41, 5.74) is 2.47. The van der Waals surface area contributed by atoms with Crippen LogP contribution in [0.15, 0.2) is 37.2 Å². The van der Waals surface area contributed by atoms with Crippen LogP contribution in [-0.4, -0.2) is 50.7 Å². The summed E-state index contributed by atoms with van der Waals surface area (Å²) >= 11 is 0. The van der Waals surface area contributed by atoms with Gasteiger partial charge in [0.25, 0.3) is 0 Å². The Bertz CT molecular complexity index is 733. The molecule has 0 bridgehead atoms. The lowest BCUT2D eigenvalue weighted by Crippen LogP contribution is -2.61. The van der Waals surface area contributed by atoms with Crippen molar-refractivity contribution < 1.29 is 13.7 Å². The third-order valence-electron chi connectivity index (χ3n) is 3.73. The van der Waals surface area contributed by atoms with Crippen molar-refractivity contribution in [1.29, 1.82) is 0 Å². The van der Waals surface area contributed by atoms with Crippen LogP contribution in [-0.2, 0) is 34.9 Å². The van der Waals surface area contributed by atoms with E-state index in [1.54, 1.807) is 32.6 Å². The highest BCUT2D eigenvalue weighted by Gasteiger charge is 2.44. The van der Waals surface area contributed by atoms with Crippen LogP contribution in [0.4, 0.5) is 0 Å². The molecule has 0 aromatic carbocycles. The Hall–Kier alpha value is -2.30. The molecule has 0 radical (unpaired) electrons. The quantitative estimate of drug-likeness (QED) is 0.493. The van der Waals surface area contributed by atoms with Crippen LogP contribution in [0.25, 0.3) is 0 Å². The molecular weight excluding hydrogens is 309 g/mol. The van der Waals surface area contributed by atoms with Crippen LogP contribution < -0.4 is 16.4 Å². The number of rotatable bonds is 3. The molecule has 0 amide bonds. The minimum Gasteiger partial charge on any atom is -0.444 e. The first-order valence-electron chi connectivity index (χ1n) is 7.50. The lowest BCUT2D eigenvalue weighted by atomic mass is 9.63. The van der Waals surface area contributed by atoms with Crippen molar-refractivity contribution in [3.8, 4) is 0 Å². The molecular formula is C12H15B3N6O3. The number of hydrogen-bond acceptors (Lipinski definition) is 6. The molecule has 4 heterocycles. The van der Waals surface area contributed by atoms with Gasteiger partial charge in [0.2, 0.25) is 0 Å². The molecule has 3 aromatic rings. The predicted octanol–water partition coefficient (Wildman–Crippen LogP) is -2.56. The highest BCUT2D eigenvalue weighted by molar-refractivity contribution is 6.87. The van der Waals surface area contributed by atoms with E-state index in [1.807, 2.05) is 39.7 Å². The number of hydrogen-bond donors (Lipinski definition) is 0. The van der Waals surface area contributed by atoms with Gasteiger partial charge in [0.15, 0.2) is 0 Å². The Morgan fingerprint density at radius 2 is 0.917 bits per heavy atom. The van der Waals surface area contributed by atoms with E-state index < -0.39 is 21.4 Å². The van der Waals surface area contributed by atoms with E-state index in [9.17, 15) is 0 Å². The van der Waals surface area contributed by atoms with Crippen LogP contribution >= 0.6 is 0 Å². The van der Waals surface area contributed by atoms with Gasteiger partial charge < -0.3 is 13.7 Å². The van der Waals surface area contributed by atoms with Gasteiger partial charge in [-0.3, -0.25) is 14.0 Å². The molecule has 3 aromatic heterocycles. The fourth-order valence-electron chi connectivity index (χ4n) is 2.59. The van der Waals surface area contributed by atoms with Crippen LogP contribution in [0.1, 0.15) is 0 Å². The zero-order chi connectivity index (χ0) is 16.7. The second kappa shape index (κ2) is 5.97.